The van der Waals surface area contributed by atoms with Crippen molar-refractivity contribution in [1.29, 1.82) is 0 Å². The van der Waals surface area contributed by atoms with E-state index in [1.807, 2.05) is 36.1 Å². The van der Waals surface area contributed by atoms with Crippen LogP contribution in [0.2, 0.25) is 10.0 Å². The molecule has 1 N–H and O–H groups in total. The summed E-state index contributed by atoms with van der Waals surface area (Å²) in [5.74, 6) is -5.04. The molecule has 1 saturated heterocycles. The van der Waals surface area contributed by atoms with Gasteiger partial charge in [0.2, 0.25) is 11.8 Å². The summed E-state index contributed by atoms with van der Waals surface area (Å²) in [5, 5.41) is 15.3. The van der Waals surface area contributed by atoms with Crippen molar-refractivity contribution in [2.45, 2.75) is 31.8 Å². The molecule has 1 fully saturated rings. The topological polar surface area (TPSA) is 131 Å². The minimum Gasteiger partial charge on any atom is -0.494 e. The van der Waals surface area contributed by atoms with E-state index in [0.717, 1.165) is 18.7 Å². The molecule has 0 unspecified atom stereocenters. The maximum atomic E-state index is 15.9. The van der Waals surface area contributed by atoms with Gasteiger partial charge in [0.15, 0.2) is 0 Å². The van der Waals surface area contributed by atoms with Gasteiger partial charge in [-0.25, -0.2) is 9.18 Å². The molecule has 14 heteroatoms. The number of methoxy groups -OCH3 is 1. The minimum absolute atomic E-state index is 0.00316. The number of esters is 1. The van der Waals surface area contributed by atoms with E-state index in [1.54, 1.807) is 18.2 Å². The van der Waals surface area contributed by atoms with Crippen LogP contribution in [-0.4, -0.2) is 49.0 Å². The average molecular weight is 722 g/mol. The van der Waals surface area contributed by atoms with E-state index in [-0.39, 0.29) is 41.3 Å². The van der Waals surface area contributed by atoms with Crippen molar-refractivity contribution >= 4 is 63.7 Å². The average Bonchev–Trinajstić information content (AvgIpc) is 3.09. The van der Waals surface area contributed by atoms with Gasteiger partial charge in [-0.3, -0.25) is 19.7 Å². The Labute approximate surface area is 296 Å². The monoisotopic (exact) mass is 720 g/mol. The predicted octanol–water partition coefficient (Wildman–Crippen LogP) is 7.39. The van der Waals surface area contributed by atoms with E-state index in [0.29, 0.717) is 28.8 Å². The van der Waals surface area contributed by atoms with Crippen LogP contribution in [0.5, 0.6) is 5.75 Å². The molecule has 258 valence electrons. The van der Waals surface area contributed by atoms with Crippen molar-refractivity contribution in [1.82, 2.24) is 0 Å². The highest BCUT2D eigenvalue weighted by Gasteiger charge is 2.51. The number of nitro groups is 1. The number of halogens is 3. The number of hydrogen-bond donors (Lipinski definition) is 1. The normalized spacial score (nSPS) is 18.7. The van der Waals surface area contributed by atoms with Crippen molar-refractivity contribution in [3.63, 3.8) is 0 Å². The number of hydrogen-bond acceptors (Lipinski definition) is 8. The van der Waals surface area contributed by atoms with E-state index < -0.39 is 52.1 Å². The molecule has 50 heavy (non-hydrogen) atoms. The molecule has 11 nitrogen and oxygen atoms in total. The number of rotatable bonds is 8. The first kappa shape index (κ1) is 34.7. The number of nitro benzene ring substituents is 1. The second-order valence-corrected chi connectivity index (χ2v) is 12.6. The summed E-state index contributed by atoms with van der Waals surface area (Å²) in [7, 11) is 1.15. The predicted molar refractivity (Wildman–Crippen MR) is 187 cm³/mol. The van der Waals surface area contributed by atoms with Gasteiger partial charge in [0.05, 0.1) is 52.4 Å². The van der Waals surface area contributed by atoms with E-state index in [9.17, 15) is 24.5 Å². The van der Waals surface area contributed by atoms with E-state index in [4.69, 9.17) is 32.7 Å². The van der Waals surface area contributed by atoms with Crippen molar-refractivity contribution < 1.29 is 33.2 Å². The molecule has 0 saturated carbocycles. The Morgan fingerprint density at radius 3 is 2.54 bits per heavy atom. The van der Waals surface area contributed by atoms with Gasteiger partial charge in [0.25, 0.3) is 5.69 Å². The van der Waals surface area contributed by atoms with Crippen LogP contribution < -0.4 is 19.9 Å². The van der Waals surface area contributed by atoms with E-state index in [1.165, 1.54) is 35.2 Å². The summed E-state index contributed by atoms with van der Waals surface area (Å²) < 4.78 is 26.4. The summed E-state index contributed by atoms with van der Waals surface area (Å²) in [6, 6.07) is 19.6. The van der Waals surface area contributed by atoms with Crippen LogP contribution in [0.3, 0.4) is 0 Å². The maximum Gasteiger partial charge on any atom is 0.338 e. The number of carbonyl (C=O) groups excluding carboxylic acids is 3. The number of nitrogens with zero attached hydrogens (tertiary/aromatic N) is 3. The molecule has 0 radical (unpaired) electrons. The van der Waals surface area contributed by atoms with Crippen molar-refractivity contribution in [3.8, 4) is 5.75 Å². The third kappa shape index (κ3) is 6.56. The summed E-state index contributed by atoms with van der Waals surface area (Å²) in [6.45, 7) is 2.58. The van der Waals surface area contributed by atoms with Crippen LogP contribution in [0, 0.1) is 21.8 Å². The van der Waals surface area contributed by atoms with E-state index in [2.05, 4.69) is 5.32 Å². The molecule has 0 aliphatic carbocycles. The van der Waals surface area contributed by atoms with Gasteiger partial charge in [0, 0.05) is 35.8 Å². The molecule has 3 atom stereocenters. The number of piperidine rings is 1. The maximum absolute atomic E-state index is 15.9. The van der Waals surface area contributed by atoms with Crippen LogP contribution in [0.15, 0.2) is 78.9 Å². The molecule has 0 bridgehead atoms. The van der Waals surface area contributed by atoms with E-state index >= 15 is 4.39 Å². The molecule has 2 aliphatic rings. The standard InChI is InChI=1S/C36H31Cl2FN4O7/c1-3-50-23-7-4-6-20(16-23)19-42-27-13-11-22(37)18-26(27)40-34(44)31(24-8-5-9-25(38)33(24)39)32-29(42)14-15-41(35(32)45)28-12-10-21(36(46)49-2)17-30(28)43(47)48/h4-13,16-18,29,31-32H,3,14-15,19H2,1-2H3,(H,40,44)/t29-,31-,32+/m1/s1. The Hall–Kier alpha value is -5.20. The van der Waals surface area contributed by atoms with Gasteiger partial charge in [-0.2, -0.15) is 0 Å². The van der Waals surface area contributed by atoms with Gasteiger partial charge in [-0.05, 0) is 67.4 Å². The Morgan fingerprint density at radius 2 is 1.80 bits per heavy atom. The van der Waals surface area contributed by atoms with Crippen LogP contribution in [0.25, 0.3) is 0 Å². The van der Waals surface area contributed by atoms with Gasteiger partial charge in [0.1, 0.15) is 17.3 Å². The number of nitrogens with one attached hydrogen (secondary N) is 1. The van der Waals surface area contributed by atoms with Crippen LogP contribution in [0.1, 0.15) is 40.7 Å². The first-order chi connectivity index (χ1) is 24.0. The minimum atomic E-state index is -1.42. The number of amides is 2. The van der Waals surface area contributed by atoms with Gasteiger partial charge >= 0.3 is 5.97 Å². The van der Waals surface area contributed by atoms with Crippen molar-refractivity contribution in [3.05, 3.63) is 122 Å². The number of carbonyl (C=O) groups is 3. The van der Waals surface area contributed by atoms with Gasteiger partial charge in [-0.1, -0.05) is 47.5 Å². The fourth-order valence-electron chi connectivity index (χ4n) is 6.80. The quantitative estimate of drug-likeness (QED) is 0.113. The lowest BCUT2D eigenvalue weighted by Crippen LogP contribution is -2.58. The number of fused-ring (bicyclic) bond motifs is 2. The Bertz CT molecular complexity index is 2010. The molecule has 2 aliphatic heterocycles. The lowest BCUT2D eigenvalue weighted by atomic mass is 9.74. The highest BCUT2D eigenvalue weighted by atomic mass is 35.5. The largest absolute Gasteiger partial charge is 0.494 e. The molecule has 4 aromatic rings. The molecule has 2 amide bonds. The van der Waals surface area contributed by atoms with Gasteiger partial charge in [-0.15, -0.1) is 0 Å². The molecule has 4 aromatic carbocycles. The Morgan fingerprint density at radius 1 is 1.04 bits per heavy atom. The van der Waals surface area contributed by atoms with Crippen LogP contribution in [0.4, 0.5) is 27.1 Å². The first-order valence-corrected chi connectivity index (χ1v) is 16.5. The molecule has 6 rings (SSSR count). The zero-order chi connectivity index (χ0) is 35.7. The summed E-state index contributed by atoms with van der Waals surface area (Å²) in [5.41, 5.74) is 0.978. The van der Waals surface area contributed by atoms with Crippen LogP contribution >= 0.6 is 23.2 Å². The lowest BCUT2D eigenvalue weighted by molar-refractivity contribution is -0.384. The number of ether oxygens (including phenoxy) is 2. The molecule has 0 spiro atoms. The lowest BCUT2D eigenvalue weighted by Gasteiger charge is -2.48. The third-order valence-corrected chi connectivity index (χ3v) is 9.47. The Balaban J connectivity index is 1.55. The highest BCUT2D eigenvalue weighted by Crippen LogP contribution is 2.46. The fraction of sp³-hybridized carbons (Fsp3) is 0.250. The first-order valence-electron chi connectivity index (χ1n) is 15.7. The highest BCUT2D eigenvalue weighted by molar-refractivity contribution is 6.31. The second kappa shape index (κ2) is 14.3. The summed E-state index contributed by atoms with van der Waals surface area (Å²) >= 11 is 12.6. The molecule has 0 aromatic heterocycles. The van der Waals surface area contributed by atoms with Crippen molar-refractivity contribution in [2.24, 2.45) is 5.92 Å². The van der Waals surface area contributed by atoms with Crippen LogP contribution in [-0.2, 0) is 20.9 Å². The molecular formula is C36H31Cl2FN4O7. The molecular weight excluding hydrogens is 690 g/mol. The zero-order valence-electron chi connectivity index (χ0n) is 26.9. The molecule has 2 heterocycles. The smallest absolute Gasteiger partial charge is 0.338 e. The zero-order valence-corrected chi connectivity index (χ0v) is 28.4. The third-order valence-electron chi connectivity index (χ3n) is 8.94. The summed E-state index contributed by atoms with van der Waals surface area (Å²) in [4.78, 5) is 56.3. The van der Waals surface area contributed by atoms with Gasteiger partial charge < -0.3 is 24.6 Å². The summed E-state index contributed by atoms with van der Waals surface area (Å²) in [6.07, 6.45) is 0.214. The van der Waals surface area contributed by atoms with Crippen molar-refractivity contribution in [2.75, 3.05) is 35.4 Å². The Kier molecular flexibility index (Phi) is 9.94. The SMILES string of the molecule is CCOc1cccc(CN2c3ccc(Cl)cc3NC(=O)[C@H](c3cccc(Cl)c3F)[C@H]3C(=O)N(c4ccc(C(=O)OC)cc4[N+](=O)[O-])CC[C@H]32)c1. The number of anilines is 3. The fourth-order valence-corrected chi connectivity index (χ4v) is 7.15. The number of benzene rings is 4. The second-order valence-electron chi connectivity index (χ2n) is 11.8.